The molecule has 1 aromatic carbocycles. The van der Waals surface area contributed by atoms with Crippen LogP contribution in [0.5, 0.6) is 0 Å². The van der Waals surface area contributed by atoms with Crippen molar-refractivity contribution in [1.29, 1.82) is 0 Å². The number of carbonyl (C=O) groups excluding carboxylic acids is 1. The third-order valence-corrected chi connectivity index (χ3v) is 3.46. The number of hydrogen-bond acceptors (Lipinski definition) is 4. The summed E-state index contributed by atoms with van der Waals surface area (Å²) in [5, 5.41) is 10.8. The van der Waals surface area contributed by atoms with Gasteiger partial charge in [0.25, 0.3) is 5.91 Å². The van der Waals surface area contributed by atoms with Crippen LogP contribution in [0, 0.1) is 0 Å². The normalized spacial score (nSPS) is 10.9. The first-order valence-electron chi connectivity index (χ1n) is 5.43. The van der Waals surface area contributed by atoms with Gasteiger partial charge in [-0.3, -0.25) is 9.59 Å². The number of amides is 1. The van der Waals surface area contributed by atoms with E-state index in [-0.39, 0.29) is 18.2 Å². The minimum Gasteiger partial charge on any atom is -0.480 e. The number of aliphatic carboxylic acids is 1. The maximum Gasteiger partial charge on any atom is 0.318 e. The standard InChI is InChI=1S/C11H14N2O5S/c14-10(15)8-13-19(17,18)7-6-12-11(16)9-4-2-1-3-5-9/h1-5,13H,6-8H2,(H,12,16)(H,14,15). The molecule has 0 unspecified atom stereocenters. The quantitative estimate of drug-likeness (QED) is 0.621. The number of rotatable bonds is 7. The Labute approximate surface area is 110 Å². The number of carboxylic acid groups (broad SMARTS) is 1. The summed E-state index contributed by atoms with van der Waals surface area (Å²) in [6.07, 6.45) is 0. The highest BCUT2D eigenvalue weighted by Crippen LogP contribution is 1.97. The smallest absolute Gasteiger partial charge is 0.318 e. The van der Waals surface area contributed by atoms with E-state index in [1.807, 2.05) is 4.72 Å². The third-order valence-electron chi connectivity index (χ3n) is 2.14. The van der Waals surface area contributed by atoms with Crippen LogP contribution in [0.15, 0.2) is 30.3 Å². The van der Waals surface area contributed by atoms with Crippen molar-refractivity contribution < 1.29 is 23.1 Å². The van der Waals surface area contributed by atoms with Crippen LogP contribution in [0.4, 0.5) is 0 Å². The maximum atomic E-state index is 11.6. The summed E-state index contributed by atoms with van der Waals surface area (Å²) in [6.45, 7) is -0.766. The van der Waals surface area contributed by atoms with Crippen molar-refractivity contribution in [3.05, 3.63) is 35.9 Å². The molecule has 0 bridgehead atoms. The highest BCUT2D eigenvalue weighted by Gasteiger charge is 2.12. The molecule has 3 N–H and O–H groups in total. The summed E-state index contributed by atoms with van der Waals surface area (Å²) < 4.78 is 24.5. The summed E-state index contributed by atoms with van der Waals surface area (Å²) in [5.41, 5.74) is 0.429. The van der Waals surface area contributed by atoms with E-state index in [9.17, 15) is 18.0 Å². The molecule has 0 atom stereocenters. The Balaban J connectivity index is 2.38. The van der Waals surface area contributed by atoms with E-state index in [1.165, 1.54) is 0 Å². The minimum atomic E-state index is -3.70. The van der Waals surface area contributed by atoms with E-state index in [0.29, 0.717) is 5.56 Å². The first-order valence-corrected chi connectivity index (χ1v) is 7.08. The Morgan fingerprint density at radius 1 is 1.16 bits per heavy atom. The van der Waals surface area contributed by atoms with Crippen LogP contribution in [-0.4, -0.2) is 44.2 Å². The zero-order valence-corrected chi connectivity index (χ0v) is 10.8. The molecular weight excluding hydrogens is 272 g/mol. The van der Waals surface area contributed by atoms with Crippen molar-refractivity contribution in [2.45, 2.75) is 0 Å². The van der Waals surface area contributed by atoms with Gasteiger partial charge in [0.05, 0.1) is 5.75 Å². The second kappa shape index (κ2) is 6.86. The van der Waals surface area contributed by atoms with Gasteiger partial charge in [-0.1, -0.05) is 18.2 Å². The summed E-state index contributed by atoms with van der Waals surface area (Å²) in [6, 6.07) is 8.36. The third kappa shape index (κ3) is 5.98. The van der Waals surface area contributed by atoms with E-state index in [0.717, 1.165) is 0 Å². The molecule has 104 valence electrons. The molecule has 0 radical (unpaired) electrons. The van der Waals surface area contributed by atoms with E-state index >= 15 is 0 Å². The SMILES string of the molecule is O=C(O)CNS(=O)(=O)CCNC(=O)c1ccccc1. The van der Waals surface area contributed by atoms with Gasteiger partial charge in [-0.05, 0) is 12.1 Å². The molecule has 0 saturated carbocycles. The molecule has 0 saturated heterocycles. The van der Waals surface area contributed by atoms with E-state index in [1.54, 1.807) is 30.3 Å². The number of carboxylic acids is 1. The fourth-order valence-electron chi connectivity index (χ4n) is 1.23. The van der Waals surface area contributed by atoms with Gasteiger partial charge in [0.1, 0.15) is 6.54 Å². The van der Waals surface area contributed by atoms with E-state index in [4.69, 9.17) is 5.11 Å². The lowest BCUT2D eigenvalue weighted by molar-refractivity contribution is -0.135. The average Bonchev–Trinajstić information content (AvgIpc) is 2.37. The summed E-state index contributed by atoms with van der Waals surface area (Å²) in [4.78, 5) is 21.8. The van der Waals surface area contributed by atoms with Crippen molar-refractivity contribution in [1.82, 2.24) is 10.0 Å². The van der Waals surface area contributed by atoms with Gasteiger partial charge < -0.3 is 10.4 Å². The van der Waals surface area contributed by atoms with Gasteiger partial charge in [0.2, 0.25) is 10.0 Å². The second-order valence-corrected chi connectivity index (χ2v) is 5.58. The molecule has 0 aliphatic heterocycles. The van der Waals surface area contributed by atoms with Crippen molar-refractivity contribution in [3.8, 4) is 0 Å². The average molecular weight is 286 g/mol. The summed E-state index contributed by atoms with van der Waals surface area (Å²) >= 11 is 0. The fourth-order valence-corrected chi connectivity index (χ4v) is 2.09. The molecule has 1 amide bonds. The molecular formula is C11H14N2O5S. The van der Waals surface area contributed by atoms with Crippen molar-refractivity contribution >= 4 is 21.9 Å². The first-order chi connectivity index (χ1) is 8.91. The molecule has 7 nitrogen and oxygen atoms in total. The molecule has 8 heteroatoms. The number of benzene rings is 1. The Bertz CT molecular complexity index is 541. The zero-order valence-electron chi connectivity index (χ0n) is 10.00. The monoisotopic (exact) mass is 286 g/mol. The van der Waals surface area contributed by atoms with E-state index < -0.39 is 22.5 Å². The Hall–Kier alpha value is -1.93. The zero-order chi connectivity index (χ0) is 14.3. The van der Waals surface area contributed by atoms with Gasteiger partial charge >= 0.3 is 5.97 Å². The van der Waals surface area contributed by atoms with Crippen LogP contribution >= 0.6 is 0 Å². The van der Waals surface area contributed by atoms with Crippen LogP contribution in [0.3, 0.4) is 0 Å². The predicted octanol–water partition coefficient (Wildman–Crippen LogP) is -0.580. The van der Waals surface area contributed by atoms with Crippen molar-refractivity contribution in [2.24, 2.45) is 0 Å². The molecule has 0 aliphatic rings. The largest absolute Gasteiger partial charge is 0.480 e. The van der Waals surface area contributed by atoms with Crippen LogP contribution in [0.2, 0.25) is 0 Å². The Kier molecular flexibility index (Phi) is 5.46. The van der Waals surface area contributed by atoms with Crippen LogP contribution in [0.25, 0.3) is 0 Å². The van der Waals surface area contributed by atoms with E-state index in [2.05, 4.69) is 5.32 Å². The van der Waals surface area contributed by atoms with Gasteiger partial charge in [-0.15, -0.1) is 0 Å². The molecule has 0 spiro atoms. The lowest BCUT2D eigenvalue weighted by Crippen LogP contribution is -2.36. The van der Waals surface area contributed by atoms with Crippen LogP contribution in [0.1, 0.15) is 10.4 Å². The number of nitrogens with one attached hydrogen (secondary N) is 2. The second-order valence-electron chi connectivity index (χ2n) is 3.66. The minimum absolute atomic E-state index is 0.0946. The molecule has 1 rings (SSSR count). The van der Waals surface area contributed by atoms with Crippen molar-refractivity contribution in [3.63, 3.8) is 0 Å². The number of carbonyl (C=O) groups is 2. The number of sulfonamides is 1. The molecule has 0 aliphatic carbocycles. The summed E-state index contributed by atoms with van der Waals surface area (Å²) in [5.74, 6) is -2.02. The van der Waals surface area contributed by atoms with Gasteiger partial charge in [-0.2, -0.15) is 0 Å². The van der Waals surface area contributed by atoms with Crippen LogP contribution in [-0.2, 0) is 14.8 Å². The molecule has 0 fully saturated rings. The highest BCUT2D eigenvalue weighted by molar-refractivity contribution is 7.89. The fraction of sp³-hybridized carbons (Fsp3) is 0.273. The van der Waals surface area contributed by atoms with Crippen LogP contribution < -0.4 is 10.0 Å². The van der Waals surface area contributed by atoms with Gasteiger partial charge in [0, 0.05) is 12.1 Å². The molecule has 19 heavy (non-hydrogen) atoms. The van der Waals surface area contributed by atoms with Gasteiger partial charge in [0.15, 0.2) is 0 Å². The Morgan fingerprint density at radius 3 is 2.37 bits per heavy atom. The molecule has 0 heterocycles. The Morgan fingerprint density at radius 2 is 1.79 bits per heavy atom. The lowest BCUT2D eigenvalue weighted by Gasteiger charge is -2.06. The predicted molar refractivity (Wildman–Crippen MR) is 68.2 cm³/mol. The number of hydrogen-bond donors (Lipinski definition) is 3. The van der Waals surface area contributed by atoms with Gasteiger partial charge in [-0.25, -0.2) is 13.1 Å². The lowest BCUT2D eigenvalue weighted by atomic mass is 10.2. The van der Waals surface area contributed by atoms with Crippen molar-refractivity contribution in [2.75, 3.05) is 18.8 Å². The summed E-state index contributed by atoms with van der Waals surface area (Å²) in [7, 11) is -3.70. The maximum absolute atomic E-state index is 11.6. The highest BCUT2D eigenvalue weighted by atomic mass is 32.2. The topological polar surface area (TPSA) is 113 Å². The molecule has 1 aromatic rings. The first kappa shape index (κ1) is 15.1. The molecule has 0 aromatic heterocycles.